The SMILES string of the molecule is COCCN1CCC(NC(=O)OC(C)(C)C)C1. The van der Waals surface area contributed by atoms with Crippen molar-refractivity contribution in [1.29, 1.82) is 0 Å². The molecule has 1 unspecified atom stereocenters. The first kappa shape index (κ1) is 14.3. The summed E-state index contributed by atoms with van der Waals surface area (Å²) in [4.78, 5) is 13.8. The molecule has 100 valence electrons. The summed E-state index contributed by atoms with van der Waals surface area (Å²) in [6, 6.07) is 0.196. The summed E-state index contributed by atoms with van der Waals surface area (Å²) < 4.78 is 10.3. The van der Waals surface area contributed by atoms with Gasteiger partial charge in [0.25, 0.3) is 0 Å². The van der Waals surface area contributed by atoms with E-state index in [0.29, 0.717) is 0 Å². The summed E-state index contributed by atoms with van der Waals surface area (Å²) in [7, 11) is 1.70. The number of amides is 1. The Morgan fingerprint density at radius 3 is 2.76 bits per heavy atom. The van der Waals surface area contributed by atoms with E-state index in [9.17, 15) is 4.79 Å². The molecular formula is C12H24N2O3. The molecule has 1 heterocycles. The van der Waals surface area contributed by atoms with Crippen LogP contribution in [0.4, 0.5) is 4.79 Å². The minimum atomic E-state index is -0.432. The minimum Gasteiger partial charge on any atom is -0.444 e. The van der Waals surface area contributed by atoms with Crippen molar-refractivity contribution in [3.05, 3.63) is 0 Å². The molecule has 5 nitrogen and oxygen atoms in total. The predicted molar refractivity (Wildman–Crippen MR) is 66.1 cm³/mol. The molecule has 0 radical (unpaired) electrons. The Morgan fingerprint density at radius 2 is 2.18 bits per heavy atom. The maximum atomic E-state index is 11.6. The van der Waals surface area contributed by atoms with E-state index in [1.807, 2.05) is 20.8 Å². The van der Waals surface area contributed by atoms with E-state index in [4.69, 9.17) is 9.47 Å². The quantitative estimate of drug-likeness (QED) is 0.808. The summed E-state index contributed by atoms with van der Waals surface area (Å²) in [5.41, 5.74) is -0.432. The zero-order valence-electron chi connectivity index (χ0n) is 11.3. The third-order valence-electron chi connectivity index (χ3n) is 2.60. The third kappa shape index (κ3) is 5.89. The second kappa shape index (κ2) is 6.21. The smallest absolute Gasteiger partial charge is 0.407 e. The van der Waals surface area contributed by atoms with E-state index in [1.54, 1.807) is 7.11 Å². The second-order valence-corrected chi connectivity index (χ2v) is 5.43. The van der Waals surface area contributed by atoms with Gasteiger partial charge in [-0.05, 0) is 27.2 Å². The minimum absolute atomic E-state index is 0.196. The van der Waals surface area contributed by atoms with Crippen molar-refractivity contribution < 1.29 is 14.3 Å². The number of likely N-dealkylation sites (tertiary alicyclic amines) is 1. The van der Waals surface area contributed by atoms with Crippen molar-refractivity contribution >= 4 is 6.09 Å². The van der Waals surface area contributed by atoms with Gasteiger partial charge in [-0.2, -0.15) is 0 Å². The van der Waals surface area contributed by atoms with Gasteiger partial charge in [-0.25, -0.2) is 4.79 Å². The van der Waals surface area contributed by atoms with Gasteiger partial charge in [0.1, 0.15) is 5.60 Å². The highest BCUT2D eigenvalue weighted by Crippen LogP contribution is 2.11. The summed E-state index contributed by atoms with van der Waals surface area (Å²) in [6.45, 7) is 9.14. The van der Waals surface area contributed by atoms with Crippen LogP contribution in [0.1, 0.15) is 27.2 Å². The number of nitrogens with one attached hydrogen (secondary N) is 1. The number of ether oxygens (including phenoxy) is 2. The molecule has 0 bridgehead atoms. The van der Waals surface area contributed by atoms with Crippen LogP contribution in [0, 0.1) is 0 Å². The first-order chi connectivity index (χ1) is 7.90. The fourth-order valence-corrected chi connectivity index (χ4v) is 1.85. The molecule has 5 heteroatoms. The van der Waals surface area contributed by atoms with Gasteiger partial charge in [-0.3, -0.25) is 4.90 Å². The van der Waals surface area contributed by atoms with Crippen LogP contribution in [0.2, 0.25) is 0 Å². The van der Waals surface area contributed by atoms with Crippen LogP contribution >= 0.6 is 0 Å². The lowest BCUT2D eigenvalue weighted by Crippen LogP contribution is -2.40. The third-order valence-corrected chi connectivity index (χ3v) is 2.60. The number of nitrogens with zero attached hydrogens (tertiary/aromatic N) is 1. The zero-order valence-corrected chi connectivity index (χ0v) is 11.3. The normalized spacial score (nSPS) is 21.5. The average molecular weight is 244 g/mol. The fourth-order valence-electron chi connectivity index (χ4n) is 1.85. The van der Waals surface area contributed by atoms with Gasteiger partial charge in [-0.1, -0.05) is 0 Å². The number of carbonyl (C=O) groups is 1. The summed E-state index contributed by atoms with van der Waals surface area (Å²) in [5.74, 6) is 0. The Bertz CT molecular complexity index is 251. The Hall–Kier alpha value is -0.810. The van der Waals surface area contributed by atoms with Crippen molar-refractivity contribution in [3.8, 4) is 0 Å². The number of methoxy groups -OCH3 is 1. The highest BCUT2D eigenvalue weighted by molar-refractivity contribution is 5.68. The number of alkyl carbamates (subject to hydrolysis) is 1. The lowest BCUT2D eigenvalue weighted by molar-refractivity contribution is 0.0505. The first-order valence-corrected chi connectivity index (χ1v) is 6.11. The maximum Gasteiger partial charge on any atom is 0.407 e. The average Bonchev–Trinajstić information content (AvgIpc) is 2.59. The predicted octanol–water partition coefficient (Wildman–Crippen LogP) is 1.23. The monoisotopic (exact) mass is 244 g/mol. The highest BCUT2D eigenvalue weighted by Gasteiger charge is 2.25. The number of carbonyl (C=O) groups excluding carboxylic acids is 1. The topological polar surface area (TPSA) is 50.8 Å². The summed E-state index contributed by atoms with van der Waals surface area (Å²) in [5, 5.41) is 2.90. The van der Waals surface area contributed by atoms with Crippen LogP contribution in [0.3, 0.4) is 0 Å². The van der Waals surface area contributed by atoms with Crippen LogP contribution < -0.4 is 5.32 Å². The number of hydrogen-bond acceptors (Lipinski definition) is 4. The second-order valence-electron chi connectivity index (χ2n) is 5.43. The number of rotatable bonds is 4. The zero-order chi connectivity index (χ0) is 12.9. The lowest BCUT2D eigenvalue weighted by atomic mass is 10.2. The van der Waals surface area contributed by atoms with Crippen LogP contribution in [-0.2, 0) is 9.47 Å². The van der Waals surface area contributed by atoms with Crippen LogP contribution in [0.25, 0.3) is 0 Å². The van der Waals surface area contributed by atoms with Gasteiger partial charge in [0, 0.05) is 32.8 Å². The summed E-state index contributed by atoms with van der Waals surface area (Å²) >= 11 is 0. The first-order valence-electron chi connectivity index (χ1n) is 6.11. The number of hydrogen-bond donors (Lipinski definition) is 1. The standard InChI is InChI=1S/C12H24N2O3/c1-12(2,3)17-11(15)13-10-5-6-14(9-10)7-8-16-4/h10H,5-9H2,1-4H3,(H,13,15). The van der Waals surface area contributed by atoms with Crippen molar-refractivity contribution in [3.63, 3.8) is 0 Å². The largest absolute Gasteiger partial charge is 0.444 e. The van der Waals surface area contributed by atoms with Crippen LogP contribution in [-0.4, -0.2) is 56.0 Å². The molecule has 1 N–H and O–H groups in total. The van der Waals surface area contributed by atoms with E-state index < -0.39 is 5.60 Å². The van der Waals surface area contributed by atoms with Gasteiger partial charge >= 0.3 is 6.09 Å². The Labute approximate surface area is 103 Å². The lowest BCUT2D eigenvalue weighted by Gasteiger charge is -2.22. The molecule has 1 amide bonds. The fraction of sp³-hybridized carbons (Fsp3) is 0.917. The highest BCUT2D eigenvalue weighted by atomic mass is 16.6. The van der Waals surface area contributed by atoms with Gasteiger partial charge in [0.15, 0.2) is 0 Å². The van der Waals surface area contributed by atoms with E-state index in [0.717, 1.165) is 32.7 Å². The molecule has 1 aliphatic heterocycles. The molecule has 0 aromatic heterocycles. The summed E-state index contributed by atoms with van der Waals surface area (Å²) in [6.07, 6.45) is 0.652. The molecule has 0 aromatic rings. The molecule has 1 fully saturated rings. The van der Waals surface area contributed by atoms with Gasteiger partial charge in [0.2, 0.25) is 0 Å². The van der Waals surface area contributed by atoms with Gasteiger partial charge in [0.05, 0.1) is 6.61 Å². The molecule has 1 atom stereocenters. The maximum absolute atomic E-state index is 11.6. The van der Waals surface area contributed by atoms with E-state index in [2.05, 4.69) is 10.2 Å². The van der Waals surface area contributed by atoms with E-state index in [-0.39, 0.29) is 12.1 Å². The molecule has 0 aliphatic carbocycles. The van der Waals surface area contributed by atoms with Crippen LogP contribution in [0.15, 0.2) is 0 Å². The van der Waals surface area contributed by atoms with E-state index in [1.165, 1.54) is 0 Å². The van der Waals surface area contributed by atoms with E-state index >= 15 is 0 Å². The van der Waals surface area contributed by atoms with Crippen molar-refractivity contribution in [1.82, 2.24) is 10.2 Å². The van der Waals surface area contributed by atoms with Gasteiger partial charge < -0.3 is 14.8 Å². The van der Waals surface area contributed by atoms with Crippen molar-refractivity contribution in [2.75, 3.05) is 33.4 Å². The molecule has 1 rings (SSSR count). The van der Waals surface area contributed by atoms with Gasteiger partial charge in [-0.15, -0.1) is 0 Å². The Morgan fingerprint density at radius 1 is 1.47 bits per heavy atom. The van der Waals surface area contributed by atoms with Crippen molar-refractivity contribution in [2.45, 2.75) is 38.8 Å². The molecule has 0 aromatic carbocycles. The Balaban J connectivity index is 2.23. The Kier molecular flexibility index (Phi) is 5.21. The van der Waals surface area contributed by atoms with Crippen LogP contribution in [0.5, 0.6) is 0 Å². The molecule has 1 aliphatic rings. The molecule has 0 spiro atoms. The molecule has 17 heavy (non-hydrogen) atoms. The molecule has 1 saturated heterocycles. The van der Waals surface area contributed by atoms with Crippen molar-refractivity contribution in [2.24, 2.45) is 0 Å². The molecule has 0 saturated carbocycles. The molecular weight excluding hydrogens is 220 g/mol.